The quantitative estimate of drug-likeness (QED) is 0.463. The SMILES string of the molecule is COc1cc2c(c(OC)c1OC)-c1ccc(OC)c(=O)cc1[C@@H](NC(=O)OC(C)OC(C)=O)CC2. The van der Waals surface area contributed by atoms with E-state index in [2.05, 4.69) is 5.32 Å². The van der Waals surface area contributed by atoms with E-state index in [4.69, 9.17) is 28.4 Å². The molecule has 2 aromatic carbocycles. The topological polar surface area (TPSA) is 119 Å². The molecule has 0 saturated carbocycles. The number of ether oxygens (including phenoxy) is 6. The van der Waals surface area contributed by atoms with E-state index in [0.717, 1.165) is 5.56 Å². The first-order chi connectivity index (χ1) is 16.7. The summed E-state index contributed by atoms with van der Waals surface area (Å²) in [5.41, 5.74) is 2.42. The van der Waals surface area contributed by atoms with Crippen molar-refractivity contribution in [1.29, 1.82) is 0 Å². The van der Waals surface area contributed by atoms with Gasteiger partial charge in [0.15, 0.2) is 17.2 Å². The van der Waals surface area contributed by atoms with Crippen molar-refractivity contribution in [2.45, 2.75) is 39.0 Å². The van der Waals surface area contributed by atoms with E-state index in [1.165, 1.54) is 48.4 Å². The molecule has 10 heteroatoms. The van der Waals surface area contributed by atoms with Crippen LogP contribution in [0, 0.1) is 0 Å². The van der Waals surface area contributed by atoms with Gasteiger partial charge in [-0.25, -0.2) is 4.79 Å². The Balaban J connectivity index is 2.18. The van der Waals surface area contributed by atoms with Gasteiger partial charge in [0.2, 0.25) is 17.5 Å². The number of hydrogen-bond donors (Lipinski definition) is 1. The first-order valence-corrected chi connectivity index (χ1v) is 10.9. The van der Waals surface area contributed by atoms with Crippen molar-refractivity contribution in [3.63, 3.8) is 0 Å². The molecule has 0 radical (unpaired) electrons. The summed E-state index contributed by atoms with van der Waals surface area (Å²) < 4.78 is 32.1. The first kappa shape index (κ1) is 25.7. The number of carbonyl (C=O) groups is 2. The summed E-state index contributed by atoms with van der Waals surface area (Å²) in [6.07, 6.45) is -0.930. The van der Waals surface area contributed by atoms with E-state index in [9.17, 15) is 14.4 Å². The second-order valence-electron chi connectivity index (χ2n) is 7.78. The Bertz CT molecular complexity index is 1180. The van der Waals surface area contributed by atoms with Gasteiger partial charge >= 0.3 is 12.1 Å². The van der Waals surface area contributed by atoms with E-state index in [-0.39, 0.29) is 11.2 Å². The van der Waals surface area contributed by atoms with Crippen molar-refractivity contribution in [3.05, 3.63) is 45.6 Å². The Kier molecular flexibility index (Phi) is 8.06. The molecular weight excluding hydrogens is 458 g/mol. The van der Waals surface area contributed by atoms with E-state index in [0.29, 0.717) is 46.8 Å². The lowest BCUT2D eigenvalue weighted by atomic mass is 9.95. The number of benzene rings is 1. The summed E-state index contributed by atoms with van der Waals surface area (Å²) in [4.78, 5) is 36.6. The smallest absolute Gasteiger partial charge is 0.410 e. The summed E-state index contributed by atoms with van der Waals surface area (Å²) in [5.74, 6) is 0.900. The fourth-order valence-electron chi connectivity index (χ4n) is 4.20. The lowest BCUT2D eigenvalue weighted by Gasteiger charge is -2.20. The molecule has 0 aromatic heterocycles. The van der Waals surface area contributed by atoms with Gasteiger partial charge in [-0.3, -0.25) is 9.59 Å². The van der Waals surface area contributed by atoms with Gasteiger partial charge in [-0.1, -0.05) is 6.07 Å². The highest BCUT2D eigenvalue weighted by atomic mass is 16.7. The molecule has 0 bridgehead atoms. The van der Waals surface area contributed by atoms with Gasteiger partial charge in [-0.2, -0.15) is 0 Å². The molecule has 1 N–H and O–H groups in total. The fraction of sp³-hybridized carbons (Fsp3) is 0.400. The molecule has 3 rings (SSSR count). The average Bonchev–Trinajstić information content (AvgIpc) is 3.05. The summed E-state index contributed by atoms with van der Waals surface area (Å²) in [7, 11) is 5.98. The first-order valence-electron chi connectivity index (χ1n) is 10.9. The van der Waals surface area contributed by atoms with Crippen LogP contribution >= 0.6 is 0 Å². The van der Waals surface area contributed by atoms with Crippen LogP contribution in [0.5, 0.6) is 23.0 Å². The Morgan fingerprint density at radius 1 is 0.943 bits per heavy atom. The number of carbonyl (C=O) groups excluding carboxylic acids is 2. The minimum absolute atomic E-state index is 0.142. The molecule has 1 amide bonds. The molecule has 2 atom stereocenters. The average molecular weight is 488 g/mol. The fourth-order valence-corrected chi connectivity index (χ4v) is 4.20. The number of alkyl carbamates (subject to hydrolysis) is 1. The van der Waals surface area contributed by atoms with Gasteiger partial charge in [-0.05, 0) is 47.7 Å². The van der Waals surface area contributed by atoms with Crippen molar-refractivity contribution in [2.75, 3.05) is 28.4 Å². The van der Waals surface area contributed by atoms with Crippen LogP contribution in [0.2, 0.25) is 0 Å². The molecule has 35 heavy (non-hydrogen) atoms. The third kappa shape index (κ3) is 5.42. The van der Waals surface area contributed by atoms with Gasteiger partial charge in [0.1, 0.15) is 0 Å². The molecule has 2 aromatic rings. The molecule has 0 heterocycles. The normalized spacial score (nSPS) is 14.9. The van der Waals surface area contributed by atoms with E-state index in [1.54, 1.807) is 12.1 Å². The van der Waals surface area contributed by atoms with Crippen LogP contribution < -0.4 is 29.7 Å². The third-order valence-electron chi connectivity index (χ3n) is 5.62. The van der Waals surface area contributed by atoms with Gasteiger partial charge in [0, 0.05) is 19.4 Å². The zero-order chi connectivity index (χ0) is 25.7. The van der Waals surface area contributed by atoms with Crippen LogP contribution in [0.15, 0.2) is 29.1 Å². The highest BCUT2D eigenvalue weighted by Gasteiger charge is 2.30. The van der Waals surface area contributed by atoms with E-state index >= 15 is 0 Å². The molecule has 188 valence electrons. The van der Waals surface area contributed by atoms with E-state index in [1.807, 2.05) is 6.07 Å². The molecular formula is C25H29NO9. The summed E-state index contributed by atoms with van der Waals surface area (Å²) >= 11 is 0. The third-order valence-corrected chi connectivity index (χ3v) is 5.62. The molecule has 1 aliphatic rings. The molecule has 0 aliphatic heterocycles. The van der Waals surface area contributed by atoms with Crippen molar-refractivity contribution in [2.24, 2.45) is 0 Å². The number of nitrogens with one attached hydrogen (secondary N) is 1. The molecule has 0 fully saturated rings. The largest absolute Gasteiger partial charge is 0.493 e. The van der Waals surface area contributed by atoms with Gasteiger partial charge < -0.3 is 33.7 Å². The summed E-state index contributed by atoms with van der Waals surface area (Å²) in [6.45, 7) is 2.65. The molecule has 0 spiro atoms. The minimum Gasteiger partial charge on any atom is -0.493 e. The van der Waals surface area contributed by atoms with Crippen LogP contribution in [-0.4, -0.2) is 46.8 Å². The van der Waals surface area contributed by atoms with Crippen LogP contribution in [0.4, 0.5) is 4.79 Å². The predicted molar refractivity (Wildman–Crippen MR) is 126 cm³/mol. The van der Waals surface area contributed by atoms with Gasteiger partial charge in [-0.15, -0.1) is 0 Å². The number of hydrogen-bond acceptors (Lipinski definition) is 9. The maximum atomic E-state index is 12.9. The Morgan fingerprint density at radius 3 is 2.23 bits per heavy atom. The zero-order valence-electron chi connectivity index (χ0n) is 20.6. The second kappa shape index (κ2) is 11.0. The summed E-state index contributed by atoms with van der Waals surface area (Å²) in [5, 5.41) is 2.79. The number of methoxy groups -OCH3 is 4. The monoisotopic (exact) mass is 487 g/mol. The lowest BCUT2D eigenvalue weighted by Crippen LogP contribution is -2.33. The Labute approximate surface area is 203 Å². The van der Waals surface area contributed by atoms with Crippen LogP contribution in [0.3, 0.4) is 0 Å². The Morgan fingerprint density at radius 2 is 1.63 bits per heavy atom. The summed E-state index contributed by atoms with van der Waals surface area (Å²) in [6, 6.07) is 5.99. The van der Waals surface area contributed by atoms with Gasteiger partial charge in [0.25, 0.3) is 0 Å². The minimum atomic E-state index is -1.08. The number of esters is 1. The predicted octanol–water partition coefficient (Wildman–Crippen LogP) is 3.37. The highest BCUT2D eigenvalue weighted by molar-refractivity contribution is 5.83. The van der Waals surface area contributed by atoms with Gasteiger partial charge in [0.05, 0.1) is 34.5 Å². The van der Waals surface area contributed by atoms with Crippen molar-refractivity contribution < 1.29 is 38.0 Å². The van der Waals surface area contributed by atoms with Crippen molar-refractivity contribution in [3.8, 4) is 34.1 Å². The lowest BCUT2D eigenvalue weighted by molar-refractivity contribution is -0.162. The Hall–Kier alpha value is -3.95. The zero-order valence-corrected chi connectivity index (χ0v) is 20.6. The number of aryl methyl sites for hydroxylation is 1. The van der Waals surface area contributed by atoms with Crippen molar-refractivity contribution >= 4 is 12.1 Å². The van der Waals surface area contributed by atoms with Crippen LogP contribution in [0.25, 0.3) is 11.1 Å². The number of amides is 1. The second-order valence-corrected chi connectivity index (χ2v) is 7.78. The standard InChI is InChI=1S/C25H29NO9/c1-13(27)34-14(2)35-25(29)26-18-9-7-15-11-21(31-4)23(32-5)24(33-6)22(15)16-8-10-20(30-3)19(28)12-17(16)18/h8,10-12,14,18H,7,9H2,1-6H3,(H,26,29)/t14?,18-/m0/s1. The maximum absolute atomic E-state index is 12.9. The highest BCUT2D eigenvalue weighted by Crippen LogP contribution is 2.50. The maximum Gasteiger partial charge on any atom is 0.410 e. The molecule has 1 aliphatic carbocycles. The van der Waals surface area contributed by atoms with Crippen molar-refractivity contribution in [1.82, 2.24) is 5.32 Å². The molecule has 0 saturated heterocycles. The molecule has 1 unspecified atom stereocenters. The molecule has 10 nitrogen and oxygen atoms in total. The van der Waals surface area contributed by atoms with Crippen LogP contribution in [0.1, 0.15) is 37.4 Å². The van der Waals surface area contributed by atoms with E-state index < -0.39 is 24.4 Å². The van der Waals surface area contributed by atoms with Crippen LogP contribution in [-0.2, 0) is 20.7 Å². The number of fused-ring (bicyclic) bond motifs is 3. The number of rotatable bonds is 7.